The third-order valence-corrected chi connectivity index (χ3v) is 5.57. The highest BCUT2D eigenvalue weighted by atomic mass is 16.7. The van der Waals surface area contributed by atoms with Crippen LogP contribution in [0.5, 0.6) is 11.5 Å². The Balaban J connectivity index is 1.70. The number of phenols is 2. The molecule has 8 N–H and O–H groups in total. The fraction of sp³-hybridized carbons (Fsp3) is 0.571. The molecule has 0 amide bonds. The zero-order chi connectivity index (χ0) is 25.2. The van der Waals surface area contributed by atoms with Gasteiger partial charge in [-0.2, -0.15) is 0 Å². The second-order valence-electron chi connectivity index (χ2n) is 8.01. The lowest BCUT2D eigenvalue weighted by atomic mass is 9.97. The molecule has 0 radical (unpaired) electrons. The van der Waals surface area contributed by atoms with E-state index in [1.807, 2.05) is 0 Å². The zero-order valence-electron chi connectivity index (χ0n) is 18.0. The van der Waals surface area contributed by atoms with Gasteiger partial charge in [0.15, 0.2) is 17.8 Å². The average molecular weight is 488 g/mol. The Kier molecular flexibility index (Phi) is 8.46. The van der Waals surface area contributed by atoms with Crippen LogP contribution in [-0.4, -0.2) is 115 Å². The van der Waals surface area contributed by atoms with Crippen LogP contribution in [0, 0.1) is 0 Å². The number of hydrogen-bond donors (Lipinski definition) is 8. The van der Waals surface area contributed by atoms with Crippen LogP contribution in [0.15, 0.2) is 24.3 Å². The highest BCUT2D eigenvalue weighted by molar-refractivity contribution is 5.87. The number of rotatable bonds is 6. The number of phenolic OH excluding ortho intramolecular Hbond substituents is 2. The normalized spacial score (nSPS) is 38.7. The first-order valence-electron chi connectivity index (χ1n) is 10.4. The predicted octanol–water partition coefficient (Wildman–Crippen LogP) is -2.69. The van der Waals surface area contributed by atoms with Crippen molar-refractivity contribution in [2.45, 2.75) is 68.3 Å². The molecule has 190 valence electrons. The van der Waals surface area contributed by atoms with Crippen molar-refractivity contribution in [1.29, 1.82) is 0 Å². The molecule has 10 unspecified atom stereocenters. The maximum absolute atomic E-state index is 12.2. The molecular weight excluding hydrogens is 460 g/mol. The van der Waals surface area contributed by atoms with Gasteiger partial charge in [0.05, 0.1) is 12.7 Å². The minimum Gasteiger partial charge on any atom is -0.504 e. The fourth-order valence-electron chi connectivity index (χ4n) is 3.55. The Bertz CT molecular complexity index is 876. The van der Waals surface area contributed by atoms with Crippen molar-refractivity contribution < 1.29 is 64.6 Å². The number of aliphatic hydroxyl groups excluding tert-OH is 6. The number of aromatic hydroxyl groups is 2. The molecular formula is C21H28O13. The SMILES string of the molecule is CC1OC(OC2C(O)C(CO)OC(OC(=O)C=Cc3ccc(O)c(O)c3)C2O)C(O)C(O)C1O. The van der Waals surface area contributed by atoms with Gasteiger partial charge in [0.1, 0.15) is 42.7 Å². The first-order valence-corrected chi connectivity index (χ1v) is 10.4. The molecule has 3 rings (SSSR count). The number of esters is 1. The summed E-state index contributed by atoms with van der Waals surface area (Å²) in [4.78, 5) is 12.2. The summed E-state index contributed by atoms with van der Waals surface area (Å²) in [6, 6.07) is 3.81. The topological polar surface area (TPSA) is 216 Å². The van der Waals surface area contributed by atoms with Gasteiger partial charge in [0.2, 0.25) is 6.29 Å². The van der Waals surface area contributed by atoms with Gasteiger partial charge in [-0.3, -0.25) is 0 Å². The third kappa shape index (κ3) is 5.66. The molecule has 2 fully saturated rings. The van der Waals surface area contributed by atoms with Gasteiger partial charge in [-0.15, -0.1) is 0 Å². The van der Waals surface area contributed by atoms with Crippen LogP contribution in [0.4, 0.5) is 0 Å². The van der Waals surface area contributed by atoms with E-state index in [9.17, 15) is 45.6 Å². The molecule has 0 aliphatic carbocycles. The average Bonchev–Trinajstić information content (AvgIpc) is 2.81. The number of carbonyl (C=O) groups excluding carboxylic acids is 1. The molecule has 1 aromatic rings. The van der Waals surface area contributed by atoms with E-state index in [2.05, 4.69) is 0 Å². The number of ether oxygens (including phenoxy) is 4. The fourth-order valence-corrected chi connectivity index (χ4v) is 3.55. The standard InChI is InChI=1S/C21H28O13/c1-8-14(26)16(28)17(29)20(31-8)34-19-15(27)12(7-22)32-21(18(19)30)33-13(25)5-3-9-2-4-10(23)11(24)6-9/h2-6,8,12,14-24,26-30H,7H2,1H3. The van der Waals surface area contributed by atoms with E-state index in [0.29, 0.717) is 5.56 Å². The molecule has 2 aliphatic heterocycles. The molecule has 13 heteroatoms. The number of carbonyl (C=O) groups is 1. The lowest BCUT2D eigenvalue weighted by Crippen LogP contribution is -2.64. The molecule has 10 atom stereocenters. The van der Waals surface area contributed by atoms with Gasteiger partial charge in [-0.05, 0) is 30.7 Å². The lowest BCUT2D eigenvalue weighted by Gasteiger charge is -2.45. The minimum absolute atomic E-state index is 0.346. The molecule has 13 nitrogen and oxygen atoms in total. The van der Waals surface area contributed by atoms with Gasteiger partial charge in [0.25, 0.3) is 0 Å². The summed E-state index contributed by atoms with van der Waals surface area (Å²) in [5.74, 6) is -1.74. The number of benzene rings is 1. The van der Waals surface area contributed by atoms with Crippen LogP contribution in [-0.2, 0) is 23.7 Å². The van der Waals surface area contributed by atoms with E-state index in [1.165, 1.54) is 31.2 Å². The number of hydrogen-bond acceptors (Lipinski definition) is 13. The van der Waals surface area contributed by atoms with Crippen LogP contribution in [0.2, 0.25) is 0 Å². The second kappa shape index (κ2) is 10.9. The summed E-state index contributed by atoms with van der Waals surface area (Å²) >= 11 is 0. The Morgan fingerprint density at radius 3 is 2.29 bits per heavy atom. The van der Waals surface area contributed by atoms with Crippen molar-refractivity contribution in [2.75, 3.05) is 6.61 Å². The van der Waals surface area contributed by atoms with Gasteiger partial charge in [-0.25, -0.2) is 4.79 Å². The first-order chi connectivity index (χ1) is 16.0. The largest absolute Gasteiger partial charge is 0.504 e. The minimum atomic E-state index is -1.80. The molecule has 1 aromatic carbocycles. The smallest absolute Gasteiger partial charge is 0.333 e. The van der Waals surface area contributed by atoms with E-state index in [0.717, 1.165) is 6.08 Å². The Labute approximate surface area is 193 Å². The maximum atomic E-state index is 12.2. The van der Waals surface area contributed by atoms with Crippen LogP contribution < -0.4 is 0 Å². The summed E-state index contributed by atoms with van der Waals surface area (Å²) in [5, 5.41) is 79.3. The highest BCUT2D eigenvalue weighted by Crippen LogP contribution is 2.30. The third-order valence-electron chi connectivity index (χ3n) is 5.57. The summed E-state index contributed by atoms with van der Waals surface area (Å²) in [6.07, 6.45) is -13.2. The van der Waals surface area contributed by atoms with E-state index in [4.69, 9.17) is 18.9 Å². The molecule has 0 bridgehead atoms. The van der Waals surface area contributed by atoms with Gasteiger partial charge in [0, 0.05) is 6.08 Å². The van der Waals surface area contributed by atoms with Crippen molar-refractivity contribution in [3.8, 4) is 11.5 Å². The van der Waals surface area contributed by atoms with Gasteiger partial charge >= 0.3 is 5.97 Å². The van der Waals surface area contributed by atoms with Crippen molar-refractivity contribution in [1.82, 2.24) is 0 Å². The van der Waals surface area contributed by atoms with Gasteiger partial charge in [-0.1, -0.05) is 6.07 Å². The van der Waals surface area contributed by atoms with Crippen LogP contribution >= 0.6 is 0 Å². The van der Waals surface area contributed by atoms with Crippen LogP contribution in [0.25, 0.3) is 6.08 Å². The Hall–Kier alpha value is -2.33. The first kappa shape index (κ1) is 26.3. The highest BCUT2D eigenvalue weighted by Gasteiger charge is 2.51. The van der Waals surface area contributed by atoms with Crippen molar-refractivity contribution in [3.63, 3.8) is 0 Å². The zero-order valence-corrected chi connectivity index (χ0v) is 18.0. The molecule has 0 saturated carbocycles. The molecule has 0 spiro atoms. The summed E-state index contributed by atoms with van der Waals surface area (Å²) in [5.41, 5.74) is 0.348. The Morgan fingerprint density at radius 2 is 1.65 bits per heavy atom. The van der Waals surface area contributed by atoms with Gasteiger partial charge < -0.3 is 59.8 Å². The summed E-state index contributed by atoms with van der Waals surface area (Å²) in [7, 11) is 0. The van der Waals surface area contributed by atoms with Crippen LogP contribution in [0.3, 0.4) is 0 Å². The quantitative estimate of drug-likeness (QED) is 0.116. The van der Waals surface area contributed by atoms with Crippen molar-refractivity contribution in [2.24, 2.45) is 0 Å². The lowest BCUT2D eigenvalue weighted by molar-refractivity contribution is -0.352. The van der Waals surface area contributed by atoms with Crippen molar-refractivity contribution >= 4 is 12.0 Å². The van der Waals surface area contributed by atoms with E-state index in [-0.39, 0.29) is 5.75 Å². The van der Waals surface area contributed by atoms with Crippen LogP contribution in [0.1, 0.15) is 12.5 Å². The van der Waals surface area contributed by atoms with E-state index >= 15 is 0 Å². The second-order valence-corrected chi connectivity index (χ2v) is 8.01. The molecule has 2 heterocycles. The maximum Gasteiger partial charge on any atom is 0.333 e. The van der Waals surface area contributed by atoms with E-state index in [1.54, 1.807) is 0 Å². The summed E-state index contributed by atoms with van der Waals surface area (Å²) in [6.45, 7) is 0.671. The van der Waals surface area contributed by atoms with Crippen molar-refractivity contribution in [3.05, 3.63) is 29.8 Å². The monoisotopic (exact) mass is 488 g/mol. The molecule has 34 heavy (non-hydrogen) atoms. The molecule has 0 aromatic heterocycles. The van der Waals surface area contributed by atoms with E-state index < -0.39 is 79.7 Å². The predicted molar refractivity (Wildman–Crippen MR) is 110 cm³/mol. The molecule has 2 aliphatic rings. The number of aliphatic hydroxyl groups is 6. The Morgan fingerprint density at radius 1 is 0.941 bits per heavy atom. The molecule has 2 saturated heterocycles. The summed E-state index contributed by atoms with van der Waals surface area (Å²) < 4.78 is 21.1.